The van der Waals surface area contributed by atoms with Crippen LogP contribution in [0.25, 0.3) is 0 Å². The van der Waals surface area contributed by atoms with Crippen molar-refractivity contribution in [1.82, 2.24) is 15.5 Å². The molecule has 0 bridgehead atoms. The molecule has 2 N–H and O–H groups in total. The molecule has 0 saturated carbocycles. The number of benzene rings is 2. The molecular weight excluding hydrogens is 336 g/mol. The van der Waals surface area contributed by atoms with Crippen LogP contribution in [0, 0.1) is 11.6 Å². The lowest BCUT2D eigenvalue weighted by atomic mass is 10.1. The summed E-state index contributed by atoms with van der Waals surface area (Å²) in [6.07, 6.45) is 0.677. The fourth-order valence-electron chi connectivity index (χ4n) is 3.40. The van der Waals surface area contributed by atoms with Crippen molar-refractivity contribution in [1.29, 1.82) is 0 Å². The second kappa shape index (κ2) is 8.38. The van der Waals surface area contributed by atoms with Crippen LogP contribution < -0.4 is 10.6 Å². The van der Waals surface area contributed by atoms with E-state index in [-0.39, 0.29) is 18.0 Å². The van der Waals surface area contributed by atoms with Crippen molar-refractivity contribution < 1.29 is 13.6 Å². The first-order valence-corrected chi connectivity index (χ1v) is 8.73. The van der Waals surface area contributed by atoms with Crippen molar-refractivity contribution in [3.05, 3.63) is 71.3 Å². The van der Waals surface area contributed by atoms with Gasteiger partial charge >= 0.3 is 0 Å². The number of nitrogens with zero attached hydrogens (tertiary/aromatic N) is 1. The molecule has 0 radical (unpaired) electrons. The lowest BCUT2D eigenvalue weighted by Crippen LogP contribution is -2.41. The van der Waals surface area contributed by atoms with E-state index in [1.165, 1.54) is 6.07 Å². The summed E-state index contributed by atoms with van der Waals surface area (Å²) in [6.45, 7) is 1.85. The number of halogens is 2. The highest BCUT2D eigenvalue weighted by Crippen LogP contribution is 2.21. The van der Waals surface area contributed by atoms with Gasteiger partial charge in [-0.3, -0.25) is 9.69 Å². The number of carbonyl (C=O) groups is 1. The molecule has 0 spiro atoms. The summed E-state index contributed by atoms with van der Waals surface area (Å²) in [7, 11) is 1.64. The highest BCUT2D eigenvalue weighted by atomic mass is 19.2. The lowest BCUT2D eigenvalue weighted by molar-refractivity contribution is -0.125. The molecule has 2 aromatic carbocycles. The van der Waals surface area contributed by atoms with Gasteiger partial charge < -0.3 is 10.6 Å². The van der Waals surface area contributed by atoms with Crippen LogP contribution >= 0.6 is 0 Å². The molecule has 6 heteroatoms. The molecule has 0 aliphatic carbocycles. The van der Waals surface area contributed by atoms with E-state index in [1.54, 1.807) is 13.1 Å². The molecular formula is C20H23F2N3O. The summed E-state index contributed by atoms with van der Waals surface area (Å²) in [5.41, 5.74) is 1.84. The van der Waals surface area contributed by atoms with Crippen LogP contribution in [0.5, 0.6) is 0 Å². The van der Waals surface area contributed by atoms with E-state index in [1.807, 2.05) is 30.3 Å². The molecule has 26 heavy (non-hydrogen) atoms. The van der Waals surface area contributed by atoms with Gasteiger partial charge in [0.15, 0.2) is 11.6 Å². The lowest BCUT2D eigenvalue weighted by Gasteiger charge is -2.22. The summed E-state index contributed by atoms with van der Waals surface area (Å²) in [6, 6.07) is 13.8. The number of likely N-dealkylation sites (tertiary alicyclic amines) is 1. The summed E-state index contributed by atoms with van der Waals surface area (Å²) >= 11 is 0. The average molecular weight is 359 g/mol. The van der Waals surface area contributed by atoms with Gasteiger partial charge in [-0.15, -0.1) is 0 Å². The number of hydrogen-bond acceptors (Lipinski definition) is 3. The molecule has 2 aromatic rings. The number of likely N-dealkylation sites (N-methyl/N-ethyl adjacent to an activating group) is 1. The van der Waals surface area contributed by atoms with E-state index < -0.39 is 11.6 Å². The third kappa shape index (κ3) is 4.45. The van der Waals surface area contributed by atoms with Crippen molar-refractivity contribution in [3.63, 3.8) is 0 Å². The molecule has 3 rings (SSSR count). The molecule has 138 valence electrons. The molecule has 0 unspecified atom stereocenters. The van der Waals surface area contributed by atoms with Crippen LogP contribution in [-0.2, 0) is 17.9 Å². The van der Waals surface area contributed by atoms with Crippen LogP contribution in [0.15, 0.2) is 48.5 Å². The Morgan fingerprint density at radius 1 is 1.12 bits per heavy atom. The Balaban J connectivity index is 1.63. The van der Waals surface area contributed by atoms with Gasteiger partial charge in [-0.1, -0.05) is 36.4 Å². The largest absolute Gasteiger partial charge is 0.358 e. The monoisotopic (exact) mass is 359 g/mol. The minimum absolute atomic E-state index is 0.00180. The minimum Gasteiger partial charge on any atom is -0.358 e. The normalized spacial score (nSPS) is 20.3. The number of hydrogen-bond donors (Lipinski definition) is 2. The maximum Gasteiger partial charge on any atom is 0.237 e. The Morgan fingerprint density at radius 2 is 1.88 bits per heavy atom. The zero-order valence-corrected chi connectivity index (χ0v) is 14.7. The number of rotatable bonds is 6. The fraction of sp³-hybridized carbons (Fsp3) is 0.350. The molecule has 4 nitrogen and oxygen atoms in total. The van der Waals surface area contributed by atoms with Crippen molar-refractivity contribution >= 4 is 5.91 Å². The van der Waals surface area contributed by atoms with E-state index >= 15 is 0 Å². The van der Waals surface area contributed by atoms with Crippen molar-refractivity contribution in [2.75, 3.05) is 13.6 Å². The van der Waals surface area contributed by atoms with Crippen LogP contribution in [-0.4, -0.2) is 36.5 Å². The minimum atomic E-state index is -0.844. The van der Waals surface area contributed by atoms with E-state index in [4.69, 9.17) is 0 Å². The highest BCUT2D eigenvalue weighted by Gasteiger charge is 2.35. The molecule has 1 aliphatic rings. The maximum atomic E-state index is 13.3. The molecule has 2 atom stereocenters. The topological polar surface area (TPSA) is 44.4 Å². The third-order valence-corrected chi connectivity index (χ3v) is 4.76. The summed E-state index contributed by atoms with van der Waals surface area (Å²) in [5.74, 6) is -1.69. The fourth-order valence-corrected chi connectivity index (χ4v) is 3.40. The molecule has 1 fully saturated rings. The summed E-state index contributed by atoms with van der Waals surface area (Å²) in [4.78, 5) is 14.4. The van der Waals surface area contributed by atoms with Gasteiger partial charge in [-0.05, 0) is 29.7 Å². The Kier molecular flexibility index (Phi) is 5.96. The Morgan fingerprint density at radius 3 is 2.58 bits per heavy atom. The van der Waals surface area contributed by atoms with E-state index in [0.717, 1.165) is 18.2 Å². The smallest absolute Gasteiger partial charge is 0.237 e. The van der Waals surface area contributed by atoms with Gasteiger partial charge in [0.05, 0.1) is 6.04 Å². The molecule has 1 saturated heterocycles. The molecule has 0 aromatic heterocycles. The molecule has 1 aliphatic heterocycles. The number of amides is 1. The average Bonchev–Trinajstić information content (AvgIpc) is 3.05. The van der Waals surface area contributed by atoms with Gasteiger partial charge in [-0.25, -0.2) is 8.78 Å². The predicted molar refractivity (Wildman–Crippen MR) is 96.3 cm³/mol. The first-order valence-electron chi connectivity index (χ1n) is 8.73. The number of carbonyl (C=O) groups excluding carboxylic acids is 1. The van der Waals surface area contributed by atoms with Gasteiger partial charge in [0.25, 0.3) is 0 Å². The van der Waals surface area contributed by atoms with Crippen LogP contribution in [0.3, 0.4) is 0 Å². The second-order valence-corrected chi connectivity index (χ2v) is 6.61. The summed E-state index contributed by atoms with van der Waals surface area (Å²) < 4.78 is 26.4. The third-order valence-electron chi connectivity index (χ3n) is 4.76. The van der Waals surface area contributed by atoms with Gasteiger partial charge in [0.2, 0.25) is 5.91 Å². The van der Waals surface area contributed by atoms with Crippen molar-refractivity contribution in [3.8, 4) is 0 Å². The summed E-state index contributed by atoms with van der Waals surface area (Å²) in [5, 5.41) is 6.09. The van der Waals surface area contributed by atoms with E-state index in [9.17, 15) is 13.6 Å². The second-order valence-electron chi connectivity index (χ2n) is 6.61. The Bertz CT molecular complexity index is 754. The predicted octanol–water partition coefficient (Wildman–Crippen LogP) is 2.44. The van der Waals surface area contributed by atoms with Gasteiger partial charge in [0, 0.05) is 32.7 Å². The van der Waals surface area contributed by atoms with Crippen LogP contribution in [0.4, 0.5) is 8.78 Å². The van der Waals surface area contributed by atoms with E-state index in [2.05, 4.69) is 15.5 Å². The van der Waals surface area contributed by atoms with E-state index in [0.29, 0.717) is 25.1 Å². The SMILES string of the molecule is CNC(=O)[C@@H]1C[C@@H](NCc2ccc(F)c(F)c2)CN1Cc1ccccc1. The van der Waals surface area contributed by atoms with Crippen molar-refractivity contribution in [2.24, 2.45) is 0 Å². The zero-order valence-electron chi connectivity index (χ0n) is 14.7. The van der Waals surface area contributed by atoms with Gasteiger partial charge in [-0.2, -0.15) is 0 Å². The van der Waals surface area contributed by atoms with Crippen LogP contribution in [0.1, 0.15) is 17.5 Å². The highest BCUT2D eigenvalue weighted by molar-refractivity contribution is 5.81. The Hall–Kier alpha value is -2.31. The Labute approximate surface area is 152 Å². The maximum absolute atomic E-state index is 13.3. The molecule has 1 heterocycles. The van der Waals surface area contributed by atoms with Crippen LogP contribution in [0.2, 0.25) is 0 Å². The van der Waals surface area contributed by atoms with Crippen molar-refractivity contribution in [2.45, 2.75) is 31.6 Å². The first kappa shape index (κ1) is 18.5. The number of nitrogens with one attached hydrogen (secondary N) is 2. The standard InChI is InChI=1S/C20H23F2N3O/c1-23-20(26)19-10-16(13-25(19)12-14-5-3-2-4-6-14)24-11-15-7-8-17(21)18(22)9-15/h2-9,16,19,24H,10-13H2,1H3,(H,23,26)/t16-,19+/m1/s1. The zero-order chi connectivity index (χ0) is 18.5. The molecule has 1 amide bonds. The first-order chi connectivity index (χ1) is 12.6. The van der Waals surface area contributed by atoms with Gasteiger partial charge in [0.1, 0.15) is 0 Å². The quantitative estimate of drug-likeness (QED) is 0.833.